The molecule has 0 aliphatic heterocycles. The first-order chi connectivity index (χ1) is 20.3. The molecule has 0 saturated heterocycles. The molecule has 234 valence electrons. The zero-order valence-electron chi connectivity index (χ0n) is 21.0. The summed E-state index contributed by atoms with van der Waals surface area (Å²) in [5, 5.41) is 4.48. The number of anilines is 3. The summed E-state index contributed by atoms with van der Waals surface area (Å²) in [6.07, 6.45) is -8.63. The van der Waals surface area contributed by atoms with E-state index in [1.54, 1.807) is 5.32 Å². The van der Waals surface area contributed by atoms with E-state index in [0.717, 1.165) is 12.1 Å². The fraction of sp³-hybridized carbons (Fsp3) is 0.192. The molecule has 18 heteroatoms. The highest BCUT2D eigenvalue weighted by molar-refractivity contribution is 6.53. The Balaban J connectivity index is 1.57. The SMILES string of the molecule is O=C(Nc1c(F)ccc(NC(=O)C(F)F)c1F)c1cc(NC(=O)[C@H]2[C@H](c3ccc(F)c(C(F)(F)F)c3)C2(Cl)Cl)cc(F)c1Cl. The van der Waals surface area contributed by atoms with Gasteiger partial charge < -0.3 is 16.0 Å². The lowest BCUT2D eigenvalue weighted by Gasteiger charge is -2.14. The molecule has 3 aromatic rings. The number of benzene rings is 3. The normalized spacial score (nSPS) is 17.3. The predicted molar refractivity (Wildman–Crippen MR) is 141 cm³/mol. The molecule has 0 radical (unpaired) electrons. The summed E-state index contributed by atoms with van der Waals surface area (Å²) in [5.41, 5.74) is -5.31. The van der Waals surface area contributed by atoms with Gasteiger partial charge in [-0.2, -0.15) is 22.0 Å². The highest BCUT2D eigenvalue weighted by Crippen LogP contribution is 2.65. The van der Waals surface area contributed by atoms with Gasteiger partial charge in [-0.25, -0.2) is 17.6 Å². The molecule has 0 heterocycles. The standard InChI is InChI=1S/C26H13Cl3F9N3O3/c27-18-10(22(42)41-20-13(31)3-4-15(19(20)33)40-24(44)21(34)35)6-9(7-14(18)32)39-23(43)17-16(25(17,28)29)8-1-2-12(30)11(5-8)26(36,37)38/h1-7,16-17,21H,(H,39,43)(H,40,44)(H,41,42)/t16-,17+/m0/s1. The summed E-state index contributed by atoms with van der Waals surface area (Å²) in [5.74, 6) is -13.2. The Labute approximate surface area is 255 Å². The third kappa shape index (κ3) is 6.54. The van der Waals surface area contributed by atoms with E-state index in [-0.39, 0.29) is 5.56 Å². The minimum absolute atomic E-state index is 0.234. The molecule has 0 aromatic heterocycles. The third-order valence-corrected chi connectivity index (χ3v) is 7.64. The van der Waals surface area contributed by atoms with Crippen molar-refractivity contribution in [3.05, 3.63) is 87.4 Å². The quantitative estimate of drug-likeness (QED) is 0.174. The van der Waals surface area contributed by atoms with Gasteiger partial charge in [-0.1, -0.05) is 17.7 Å². The van der Waals surface area contributed by atoms with Crippen LogP contribution in [0.4, 0.5) is 56.6 Å². The Bertz CT molecular complexity index is 1690. The first kappa shape index (κ1) is 33.2. The highest BCUT2D eigenvalue weighted by atomic mass is 35.5. The van der Waals surface area contributed by atoms with Crippen molar-refractivity contribution in [2.75, 3.05) is 16.0 Å². The van der Waals surface area contributed by atoms with Crippen LogP contribution in [0.5, 0.6) is 0 Å². The number of rotatable bonds is 7. The zero-order valence-corrected chi connectivity index (χ0v) is 23.3. The lowest BCUT2D eigenvalue weighted by molar-refractivity contribution is -0.140. The molecule has 2 atom stereocenters. The maximum atomic E-state index is 14.7. The summed E-state index contributed by atoms with van der Waals surface area (Å²) in [6.45, 7) is 0. The molecule has 44 heavy (non-hydrogen) atoms. The topological polar surface area (TPSA) is 87.3 Å². The van der Waals surface area contributed by atoms with Crippen molar-refractivity contribution < 1.29 is 53.9 Å². The lowest BCUT2D eigenvalue weighted by atomic mass is 10.0. The number of amides is 3. The van der Waals surface area contributed by atoms with Crippen molar-refractivity contribution in [2.45, 2.75) is 22.9 Å². The second-order valence-corrected chi connectivity index (χ2v) is 11.0. The van der Waals surface area contributed by atoms with E-state index in [0.29, 0.717) is 30.3 Å². The van der Waals surface area contributed by atoms with Crippen molar-refractivity contribution >= 4 is 69.6 Å². The lowest BCUT2D eigenvalue weighted by Crippen LogP contribution is -2.22. The summed E-state index contributed by atoms with van der Waals surface area (Å²) < 4.78 is 120. The van der Waals surface area contributed by atoms with Crippen LogP contribution in [0.2, 0.25) is 5.02 Å². The number of halogens is 12. The number of hydrogen-bond donors (Lipinski definition) is 3. The Morgan fingerprint density at radius 2 is 1.48 bits per heavy atom. The average Bonchev–Trinajstić information content (AvgIpc) is 3.51. The van der Waals surface area contributed by atoms with Crippen LogP contribution in [0.3, 0.4) is 0 Å². The molecule has 0 spiro atoms. The fourth-order valence-electron chi connectivity index (χ4n) is 4.20. The van der Waals surface area contributed by atoms with E-state index in [1.165, 1.54) is 5.32 Å². The predicted octanol–water partition coefficient (Wildman–Crippen LogP) is 7.90. The maximum absolute atomic E-state index is 14.7. The van der Waals surface area contributed by atoms with Crippen LogP contribution in [0.15, 0.2) is 42.5 Å². The highest BCUT2D eigenvalue weighted by Gasteiger charge is 2.67. The number of carbonyl (C=O) groups is 3. The Morgan fingerprint density at radius 1 is 0.841 bits per heavy atom. The van der Waals surface area contributed by atoms with Crippen LogP contribution in [0.1, 0.15) is 27.4 Å². The fourth-order valence-corrected chi connectivity index (χ4v) is 5.22. The molecule has 0 unspecified atom stereocenters. The van der Waals surface area contributed by atoms with Crippen LogP contribution in [-0.2, 0) is 15.8 Å². The van der Waals surface area contributed by atoms with E-state index < -0.39 is 103 Å². The van der Waals surface area contributed by atoms with Crippen LogP contribution in [0.25, 0.3) is 0 Å². The summed E-state index contributed by atoms with van der Waals surface area (Å²) in [4.78, 5) is 36.9. The van der Waals surface area contributed by atoms with Crippen LogP contribution in [0, 0.1) is 29.2 Å². The van der Waals surface area contributed by atoms with Gasteiger partial charge in [0.2, 0.25) is 5.91 Å². The largest absolute Gasteiger partial charge is 0.419 e. The molecule has 1 saturated carbocycles. The molecule has 1 fully saturated rings. The van der Waals surface area contributed by atoms with Crippen LogP contribution in [-0.4, -0.2) is 28.5 Å². The number of carbonyl (C=O) groups excluding carboxylic acids is 3. The minimum Gasteiger partial charge on any atom is -0.326 e. The van der Waals surface area contributed by atoms with E-state index in [2.05, 4.69) is 5.32 Å². The second kappa shape index (κ2) is 12.0. The van der Waals surface area contributed by atoms with Crippen LogP contribution < -0.4 is 16.0 Å². The van der Waals surface area contributed by atoms with E-state index in [1.807, 2.05) is 0 Å². The Morgan fingerprint density at radius 3 is 2.09 bits per heavy atom. The number of hydrogen-bond acceptors (Lipinski definition) is 3. The molecule has 0 bridgehead atoms. The van der Waals surface area contributed by atoms with Crippen molar-refractivity contribution in [3.63, 3.8) is 0 Å². The minimum atomic E-state index is -5.07. The van der Waals surface area contributed by atoms with Gasteiger partial charge in [0.15, 0.2) is 5.82 Å². The Hall–Kier alpha value is -3.69. The Kier molecular flexibility index (Phi) is 9.06. The summed E-state index contributed by atoms with van der Waals surface area (Å²) >= 11 is 18.1. The molecule has 3 N–H and O–H groups in total. The molecular weight excluding hydrogens is 680 g/mol. The first-order valence-corrected chi connectivity index (χ1v) is 12.9. The van der Waals surface area contributed by atoms with Crippen molar-refractivity contribution in [1.29, 1.82) is 0 Å². The van der Waals surface area contributed by atoms with Gasteiger partial charge in [-0.05, 0) is 42.0 Å². The summed E-state index contributed by atoms with van der Waals surface area (Å²) in [7, 11) is 0. The maximum Gasteiger partial charge on any atom is 0.419 e. The molecule has 1 aliphatic rings. The van der Waals surface area contributed by atoms with Gasteiger partial charge in [0.25, 0.3) is 11.8 Å². The van der Waals surface area contributed by atoms with E-state index in [9.17, 15) is 53.9 Å². The first-order valence-electron chi connectivity index (χ1n) is 11.8. The van der Waals surface area contributed by atoms with Gasteiger partial charge in [0.1, 0.15) is 27.5 Å². The molecule has 3 aromatic carbocycles. The average molecular weight is 693 g/mol. The van der Waals surface area contributed by atoms with Crippen molar-refractivity contribution in [1.82, 2.24) is 0 Å². The van der Waals surface area contributed by atoms with Gasteiger partial charge in [0.05, 0.1) is 27.8 Å². The number of nitrogens with one attached hydrogen (secondary N) is 3. The van der Waals surface area contributed by atoms with Gasteiger partial charge in [0, 0.05) is 11.6 Å². The number of alkyl halides is 7. The van der Waals surface area contributed by atoms with Crippen molar-refractivity contribution in [2.24, 2.45) is 5.92 Å². The van der Waals surface area contributed by atoms with Gasteiger partial charge in [-0.15, -0.1) is 23.2 Å². The van der Waals surface area contributed by atoms with Gasteiger partial charge >= 0.3 is 12.6 Å². The van der Waals surface area contributed by atoms with E-state index in [4.69, 9.17) is 34.8 Å². The third-order valence-electron chi connectivity index (χ3n) is 6.32. The van der Waals surface area contributed by atoms with Gasteiger partial charge in [-0.3, -0.25) is 14.4 Å². The molecule has 4 rings (SSSR count). The second-order valence-electron chi connectivity index (χ2n) is 9.20. The molecule has 3 amide bonds. The van der Waals surface area contributed by atoms with Crippen LogP contribution >= 0.6 is 34.8 Å². The zero-order chi connectivity index (χ0) is 32.9. The van der Waals surface area contributed by atoms with Crippen molar-refractivity contribution in [3.8, 4) is 0 Å². The summed E-state index contributed by atoms with van der Waals surface area (Å²) in [6, 6.07) is 4.40. The smallest absolute Gasteiger partial charge is 0.326 e. The molecule has 6 nitrogen and oxygen atoms in total. The molecule has 1 aliphatic carbocycles. The monoisotopic (exact) mass is 691 g/mol. The van der Waals surface area contributed by atoms with E-state index >= 15 is 0 Å². The molecular formula is C26H13Cl3F9N3O3.